The van der Waals surface area contributed by atoms with Gasteiger partial charge >= 0.3 is 0 Å². The number of rotatable bonds is 4. The number of phenolic OH excluding ortho intramolecular Hbond substituents is 1. The number of benzene rings is 1. The monoisotopic (exact) mass is 395 g/mol. The van der Waals surface area contributed by atoms with Crippen LogP contribution in [0.4, 0.5) is 4.39 Å². The zero-order valence-corrected chi connectivity index (χ0v) is 16.0. The van der Waals surface area contributed by atoms with Gasteiger partial charge in [0.15, 0.2) is 6.17 Å². The summed E-state index contributed by atoms with van der Waals surface area (Å²) >= 11 is 0. The Morgan fingerprint density at radius 1 is 1.17 bits per heavy atom. The van der Waals surface area contributed by atoms with Crippen LogP contribution in [0.15, 0.2) is 49.1 Å². The Labute approximate surface area is 167 Å². The third-order valence-electron chi connectivity index (χ3n) is 6.02. The van der Waals surface area contributed by atoms with Crippen molar-refractivity contribution in [1.29, 1.82) is 0 Å². The van der Waals surface area contributed by atoms with Crippen LogP contribution in [0.5, 0.6) is 11.6 Å². The van der Waals surface area contributed by atoms with E-state index in [0.717, 1.165) is 25.1 Å². The molecule has 1 aromatic carbocycles. The summed E-state index contributed by atoms with van der Waals surface area (Å²) in [5, 5.41) is 18.7. The molecule has 1 saturated carbocycles. The second-order valence-corrected chi connectivity index (χ2v) is 7.80. The molecule has 7 nitrogen and oxygen atoms in total. The van der Waals surface area contributed by atoms with E-state index in [4.69, 9.17) is 4.74 Å². The average molecular weight is 395 g/mol. The summed E-state index contributed by atoms with van der Waals surface area (Å²) in [7, 11) is 1.97. The van der Waals surface area contributed by atoms with Gasteiger partial charge in [-0.15, -0.1) is 10.2 Å². The zero-order valence-electron chi connectivity index (χ0n) is 16.0. The summed E-state index contributed by atoms with van der Waals surface area (Å²) in [5.41, 5.74) is 1.88. The van der Waals surface area contributed by atoms with Crippen LogP contribution in [0, 0.1) is 5.92 Å². The molecule has 8 heteroatoms. The van der Waals surface area contributed by atoms with E-state index in [9.17, 15) is 9.50 Å². The largest absolute Gasteiger partial charge is 0.507 e. The van der Waals surface area contributed by atoms with E-state index in [1.165, 1.54) is 0 Å². The minimum absolute atomic E-state index is 0.0804. The van der Waals surface area contributed by atoms with E-state index in [-0.39, 0.29) is 17.7 Å². The molecule has 1 aliphatic carbocycles. The van der Waals surface area contributed by atoms with Gasteiger partial charge in [-0.05, 0) is 38.1 Å². The lowest BCUT2D eigenvalue weighted by molar-refractivity contribution is -0.0891. The maximum absolute atomic E-state index is 14.8. The van der Waals surface area contributed by atoms with Crippen molar-refractivity contribution in [1.82, 2.24) is 24.6 Å². The second kappa shape index (κ2) is 7.11. The molecule has 2 unspecified atom stereocenters. The molecule has 29 heavy (non-hydrogen) atoms. The van der Waals surface area contributed by atoms with Gasteiger partial charge in [0.25, 0.3) is 0 Å². The number of aromatic hydroxyl groups is 1. The van der Waals surface area contributed by atoms with Crippen molar-refractivity contribution >= 4 is 0 Å². The first-order chi connectivity index (χ1) is 14.1. The molecule has 2 saturated heterocycles. The molecular weight excluding hydrogens is 373 g/mol. The maximum Gasteiger partial charge on any atom is 0.233 e. The number of ether oxygens (including phenoxy) is 1. The fraction of sp³-hybridized carbons (Fsp3) is 0.381. The highest BCUT2D eigenvalue weighted by molar-refractivity contribution is 5.68. The molecule has 1 N–H and O–H groups in total. The normalized spacial score (nSPS) is 26.6. The topological polar surface area (TPSA) is 76.3 Å². The predicted octanol–water partition coefficient (Wildman–Crippen LogP) is 2.84. The molecule has 3 aromatic rings. The van der Waals surface area contributed by atoms with Crippen molar-refractivity contribution in [3.8, 4) is 28.6 Å². The van der Waals surface area contributed by atoms with Crippen molar-refractivity contribution in [3.05, 3.63) is 49.1 Å². The molecular formula is C21H22FN5O2. The van der Waals surface area contributed by atoms with Crippen LogP contribution in [0.25, 0.3) is 16.9 Å². The summed E-state index contributed by atoms with van der Waals surface area (Å²) in [6.45, 7) is 0.846. The summed E-state index contributed by atoms with van der Waals surface area (Å²) < 4.78 is 22.5. The van der Waals surface area contributed by atoms with Crippen molar-refractivity contribution in [2.45, 2.75) is 31.2 Å². The van der Waals surface area contributed by atoms with Crippen molar-refractivity contribution in [2.24, 2.45) is 5.92 Å². The average Bonchev–Trinajstić information content (AvgIpc) is 3.26. The van der Waals surface area contributed by atoms with Crippen molar-refractivity contribution < 1.29 is 14.2 Å². The molecule has 0 radical (unpaired) electrons. The SMILES string of the molecule is CN1CC2CCC1[C@H](F)[C@H]2Oc1ccc(-c2ccc(-n3ccnc3)cc2O)nn1. The summed E-state index contributed by atoms with van der Waals surface area (Å²) in [4.78, 5) is 6.09. The number of alkyl halides is 1. The van der Waals surface area contributed by atoms with Crippen LogP contribution >= 0.6 is 0 Å². The minimum Gasteiger partial charge on any atom is -0.507 e. The molecule has 2 aliphatic heterocycles. The van der Waals surface area contributed by atoms with Gasteiger partial charge in [-0.3, -0.25) is 4.90 Å². The molecule has 4 heterocycles. The van der Waals surface area contributed by atoms with Crippen LogP contribution in [0.2, 0.25) is 0 Å². The Morgan fingerprint density at radius 3 is 2.72 bits per heavy atom. The zero-order chi connectivity index (χ0) is 20.0. The van der Waals surface area contributed by atoms with E-state index in [2.05, 4.69) is 20.1 Å². The number of aromatic nitrogens is 4. The Morgan fingerprint density at radius 2 is 2.07 bits per heavy atom. The van der Waals surface area contributed by atoms with E-state index in [1.807, 2.05) is 13.1 Å². The first-order valence-electron chi connectivity index (χ1n) is 9.76. The smallest absolute Gasteiger partial charge is 0.233 e. The number of hydrogen-bond acceptors (Lipinski definition) is 6. The molecule has 0 spiro atoms. The molecule has 3 fully saturated rings. The van der Waals surface area contributed by atoms with Gasteiger partial charge in [0.05, 0.1) is 17.7 Å². The molecule has 0 amide bonds. The lowest BCUT2D eigenvalue weighted by Crippen LogP contribution is -2.61. The lowest BCUT2D eigenvalue weighted by atomic mass is 9.76. The fourth-order valence-corrected chi connectivity index (χ4v) is 4.49. The number of piperidine rings is 2. The standard InChI is InChI=1S/C21H22FN5O2/c1-26-11-13-2-6-17(26)20(22)21(13)29-19-7-5-16(24-25-19)15-4-3-14(10-18(15)28)27-9-8-23-12-27/h3-5,7-10,12-13,17,20-21,28H,2,6,11H2,1H3/t13?,17?,20-,21-/m0/s1. The van der Waals surface area contributed by atoms with Crippen molar-refractivity contribution in [2.75, 3.05) is 13.6 Å². The molecule has 4 atom stereocenters. The molecule has 2 aromatic heterocycles. The van der Waals surface area contributed by atoms with Gasteiger partial charge in [0.2, 0.25) is 5.88 Å². The Hall–Kier alpha value is -3.00. The third kappa shape index (κ3) is 3.23. The van der Waals surface area contributed by atoms with Crippen LogP contribution in [-0.2, 0) is 0 Å². The number of fused-ring (bicyclic) bond motifs is 3. The molecule has 6 rings (SSSR count). The maximum atomic E-state index is 14.8. The highest BCUT2D eigenvalue weighted by atomic mass is 19.1. The predicted molar refractivity (Wildman–Crippen MR) is 105 cm³/mol. The first-order valence-corrected chi connectivity index (χ1v) is 9.76. The van der Waals surface area contributed by atoms with Gasteiger partial charge in [-0.1, -0.05) is 0 Å². The molecule has 3 aliphatic rings. The lowest BCUT2D eigenvalue weighted by Gasteiger charge is -2.49. The Bertz CT molecular complexity index is 993. The van der Waals surface area contributed by atoms with E-state index in [0.29, 0.717) is 17.1 Å². The second-order valence-electron chi connectivity index (χ2n) is 7.80. The summed E-state index contributed by atoms with van der Waals surface area (Å²) in [6.07, 6.45) is 5.49. The van der Waals surface area contributed by atoms with Gasteiger partial charge in [-0.25, -0.2) is 9.37 Å². The molecule has 150 valence electrons. The van der Waals surface area contributed by atoms with E-state index in [1.54, 1.807) is 47.6 Å². The highest BCUT2D eigenvalue weighted by Gasteiger charge is 2.48. The van der Waals surface area contributed by atoms with Crippen LogP contribution in [0.3, 0.4) is 0 Å². The number of nitrogens with zero attached hydrogens (tertiary/aromatic N) is 5. The molecule has 2 bridgehead atoms. The number of halogens is 1. The fourth-order valence-electron chi connectivity index (χ4n) is 4.49. The first kappa shape index (κ1) is 18.1. The van der Waals surface area contributed by atoms with Gasteiger partial charge in [-0.2, -0.15) is 0 Å². The third-order valence-corrected chi connectivity index (χ3v) is 6.02. The van der Waals surface area contributed by atoms with Crippen LogP contribution in [0.1, 0.15) is 12.8 Å². The number of imidazole rings is 1. The van der Waals surface area contributed by atoms with Crippen LogP contribution < -0.4 is 4.74 Å². The Balaban J connectivity index is 1.33. The van der Waals surface area contributed by atoms with E-state index < -0.39 is 12.3 Å². The van der Waals surface area contributed by atoms with Gasteiger partial charge < -0.3 is 14.4 Å². The quantitative estimate of drug-likeness (QED) is 0.732. The van der Waals surface area contributed by atoms with Gasteiger partial charge in [0, 0.05) is 48.6 Å². The van der Waals surface area contributed by atoms with Gasteiger partial charge in [0.1, 0.15) is 11.9 Å². The van der Waals surface area contributed by atoms with Crippen molar-refractivity contribution in [3.63, 3.8) is 0 Å². The van der Waals surface area contributed by atoms with E-state index >= 15 is 0 Å². The summed E-state index contributed by atoms with van der Waals surface area (Å²) in [6, 6.07) is 8.63. The highest BCUT2D eigenvalue weighted by Crippen LogP contribution is 2.38. The van der Waals surface area contributed by atoms with Crippen LogP contribution in [-0.4, -0.2) is 61.7 Å². The number of hydrogen-bond donors (Lipinski definition) is 1. The number of phenols is 1. The Kier molecular flexibility index (Phi) is 4.43. The summed E-state index contributed by atoms with van der Waals surface area (Å²) in [5.74, 6) is 0.572. The minimum atomic E-state index is -1.02.